The van der Waals surface area contributed by atoms with Gasteiger partial charge in [0.25, 0.3) is 0 Å². The second-order valence-corrected chi connectivity index (χ2v) is 29.5. The Hall–Kier alpha value is -1.66. The number of esters is 1. The summed E-state index contributed by atoms with van der Waals surface area (Å²) in [6.07, 6.45) is 106. The average Bonchev–Trinajstić information content (AvgIpc) is 3.75. The Kier molecular flexibility index (Phi) is 80.3. The van der Waals surface area contributed by atoms with Gasteiger partial charge in [0.2, 0.25) is 5.91 Å². The van der Waals surface area contributed by atoms with E-state index < -0.39 is 12.1 Å². The third kappa shape index (κ3) is 77.3. The van der Waals surface area contributed by atoms with Crippen LogP contribution in [0.3, 0.4) is 0 Å². The normalized spacial score (nSPS) is 12.5. The van der Waals surface area contributed by atoms with Gasteiger partial charge in [0.05, 0.1) is 25.4 Å². The molecule has 0 heterocycles. The monoisotopic (exact) mass is 1290 g/mol. The Labute approximate surface area is 577 Å². The second-order valence-electron chi connectivity index (χ2n) is 29.5. The summed E-state index contributed by atoms with van der Waals surface area (Å²) in [5, 5.41) is 23.5. The van der Waals surface area contributed by atoms with Crippen LogP contribution in [0.25, 0.3) is 0 Å². The van der Waals surface area contributed by atoms with E-state index in [2.05, 4.69) is 43.5 Å². The maximum atomic E-state index is 12.6. The van der Waals surface area contributed by atoms with Crippen molar-refractivity contribution in [2.75, 3.05) is 13.2 Å². The Bertz CT molecular complexity index is 1450. The molecule has 0 fully saturated rings. The van der Waals surface area contributed by atoms with E-state index in [1.807, 2.05) is 0 Å². The van der Waals surface area contributed by atoms with Crippen LogP contribution in [0, 0.1) is 0 Å². The molecule has 0 aliphatic heterocycles. The highest BCUT2D eigenvalue weighted by atomic mass is 16.5. The number of carbonyl (C=O) groups is 2. The lowest BCUT2D eigenvalue weighted by molar-refractivity contribution is -0.143. The molecule has 0 spiro atoms. The van der Waals surface area contributed by atoms with Gasteiger partial charge >= 0.3 is 5.97 Å². The van der Waals surface area contributed by atoms with Gasteiger partial charge in [0.1, 0.15) is 0 Å². The fourth-order valence-corrected chi connectivity index (χ4v) is 13.8. The molecule has 0 saturated heterocycles. The first-order valence-corrected chi connectivity index (χ1v) is 42.6. The quantitative estimate of drug-likeness (QED) is 0.0320. The van der Waals surface area contributed by atoms with Crippen LogP contribution in [0.5, 0.6) is 0 Å². The highest BCUT2D eigenvalue weighted by Crippen LogP contribution is 2.21. The summed E-state index contributed by atoms with van der Waals surface area (Å²) in [6, 6.07) is -0.540. The number of carbonyl (C=O) groups excluding carboxylic acids is 2. The molecule has 1 amide bonds. The van der Waals surface area contributed by atoms with E-state index in [-0.39, 0.29) is 18.5 Å². The topological polar surface area (TPSA) is 95.9 Å². The van der Waals surface area contributed by atoms with Gasteiger partial charge < -0.3 is 20.3 Å². The molecule has 0 saturated carbocycles. The van der Waals surface area contributed by atoms with Gasteiger partial charge in [-0.05, 0) is 77.0 Å². The number of nitrogens with one attached hydrogen (secondary N) is 1. The van der Waals surface area contributed by atoms with Crippen molar-refractivity contribution >= 4 is 11.9 Å². The van der Waals surface area contributed by atoms with Crippen molar-refractivity contribution in [1.82, 2.24) is 5.32 Å². The number of ether oxygens (including phenoxy) is 1. The number of amides is 1. The molecule has 6 nitrogen and oxygen atoms in total. The molecule has 92 heavy (non-hydrogen) atoms. The molecular formula is C86H167NO5. The van der Waals surface area contributed by atoms with Crippen LogP contribution in [0.1, 0.15) is 489 Å². The van der Waals surface area contributed by atoms with Gasteiger partial charge in [0, 0.05) is 12.8 Å². The molecular weight excluding hydrogens is 1130 g/mol. The largest absolute Gasteiger partial charge is 0.466 e. The van der Waals surface area contributed by atoms with Crippen LogP contribution in [-0.4, -0.2) is 47.4 Å². The molecule has 2 unspecified atom stereocenters. The van der Waals surface area contributed by atoms with Gasteiger partial charge in [-0.3, -0.25) is 9.59 Å². The van der Waals surface area contributed by atoms with Crippen molar-refractivity contribution in [3.63, 3.8) is 0 Å². The second kappa shape index (κ2) is 81.8. The van der Waals surface area contributed by atoms with Crippen molar-refractivity contribution < 1.29 is 24.5 Å². The SMILES string of the molecule is CCCCCCCC/C=C\CCCCCCCCCCCC(=O)OCCCCCCCCCCCCCCCC/C=C\CCCCCCCCCCCCCCCCCCCC(=O)NC(CO)C(O)CCCCCCCCCCCCCCCCCCCCCCC. The summed E-state index contributed by atoms with van der Waals surface area (Å²) in [5.74, 6) is -0.00468. The van der Waals surface area contributed by atoms with Crippen molar-refractivity contribution in [3.8, 4) is 0 Å². The van der Waals surface area contributed by atoms with Crippen molar-refractivity contribution in [3.05, 3.63) is 24.3 Å². The molecule has 6 heteroatoms. The van der Waals surface area contributed by atoms with Gasteiger partial charge in [-0.2, -0.15) is 0 Å². The summed E-state index contributed by atoms with van der Waals surface area (Å²) in [6.45, 7) is 5.01. The number of unbranched alkanes of at least 4 members (excludes halogenated alkanes) is 66. The number of aliphatic hydroxyl groups excluding tert-OH is 2. The lowest BCUT2D eigenvalue weighted by atomic mass is 10.0. The third-order valence-corrected chi connectivity index (χ3v) is 20.2. The van der Waals surface area contributed by atoms with Gasteiger partial charge in [-0.1, -0.05) is 423 Å². The zero-order valence-corrected chi connectivity index (χ0v) is 62.8. The van der Waals surface area contributed by atoms with Crippen LogP contribution >= 0.6 is 0 Å². The minimum absolute atomic E-state index is 0.0210. The number of hydrogen-bond acceptors (Lipinski definition) is 5. The summed E-state index contributed by atoms with van der Waals surface area (Å²) < 4.78 is 5.52. The Morgan fingerprint density at radius 1 is 0.293 bits per heavy atom. The van der Waals surface area contributed by atoms with E-state index in [4.69, 9.17) is 4.74 Å². The van der Waals surface area contributed by atoms with Gasteiger partial charge in [-0.15, -0.1) is 0 Å². The van der Waals surface area contributed by atoms with E-state index in [1.165, 1.54) is 417 Å². The molecule has 546 valence electrons. The highest BCUT2D eigenvalue weighted by Gasteiger charge is 2.20. The summed E-state index contributed by atoms with van der Waals surface area (Å²) >= 11 is 0. The van der Waals surface area contributed by atoms with Crippen LogP contribution < -0.4 is 5.32 Å². The number of rotatable bonds is 81. The van der Waals surface area contributed by atoms with Crippen LogP contribution in [0.2, 0.25) is 0 Å². The smallest absolute Gasteiger partial charge is 0.305 e. The first kappa shape index (κ1) is 90.3. The molecule has 0 aromatic rings. The fraction of sp³-hybridized carbons (Fsp3) is 0.930. The first-order valence-electron chi connectivity index (χ1n) is 42.6. The summed E-state index contributed by atoms with van der Waals surface area (Å²) in [4.78, 5) is 24.7. The lowest BCUT2D eigenvalue weighted by Crippen LogP contribution is -2.45. The van der Waals surface area contributed by atoms with E-state index in [1.54, 1.807) is 0 Å². The zero-order chi connectivity index (χ0) is 66.3. The zero-order valence-electron chi connectivity index (χ0n) is 62.8. The molecule has 0 aromatic carbocycles. The fourth-order valence-electron chi connectivity index (χ4n) is 13.8. The molecule has 0 radical (unpaired) electrons. The molecule has 0 aliphatic rings. The van der Waals surface area contributed by atoms with Gasteiger partial charge in [0.15, 0.2) is 0 Å². The van der Waals surface area contributed by atoms with E-state index in [0.717, 1.165) is 38.5 Å². The molecule has 0 aliphatic carbocycles. The maximum absolute atomic E-state index is 12.6. The van der Waals surface area contributed by atoms with E-state index in [9.17, 15) is 19.8 Å². The van der Waals surface area contributed by atoms with Crippen molar-refractivity contribution in [2.45, 2.75) is 501 Å². The third-order valence-electron chi connectivity index (χ3n) is 20.2. The minimum Gasteiger partial charge on any atom is -0.466 e. The average molecular weight is 1300 g/mol. The first-order chi connectivity index (χ1) is 45.5. The van der Waals surface area contributed by atoms with E-state index in [0.29, 0.717) is 25.9 Å². The van der Waals surface area contributed by atoms with Crippen LogP contribution in [-0.2, 0) is 14.3 Å². The molecule has 3 N–H and O–H groups in total. The standard InChI is InChI=1S/C86H167NO5/c1-3-5-7-9-11-13-15-17-19-21-23-39-43-46-50-54-58-62-66-70-74-78-84(89)83(82-88)87-85(90)79-75-71-67-63-59-55-51-47-44-40-37-35-33-31-29-27-25-24-26-28-30-32-34-36-38-41-45-49-53-57-61-65-69-73-77-81-92-86(91)80-76-72-68-64-60-56-52-48-42-22-20-18-16-14-12-10-8-6-4-2/h18,20,26,28,83-84,88-89H,3-17,19,21-25,27,29-82H2,1-2H3,(H,87,90)/b20-18-,28-26-. The Morgan fingerprint density at radius 2 is 0.511 bits per heavy atom. The number of aliphatic hydroxyl groups is 2. The van der Waals surface area contributed by atoms with Crippen LogP contribution in [0.4, 0.5) is 0 Å². The molecule has 0 rings (SSSR count). The lowest BCUT2D eigenvalue weighted by Gasteiger charge is -2.22. The molecule has 0 aromatic heterocycles. The minimum atomic E-state index is -0.663. The number of allylic oxidation sites excluding steroid dienone is 4. The maximum Gasteiger partial charge on any atom is 0.305 e. The predicted molar refractivity (Wildman–Crippen MR) is 407 cm³/mol. The van der Waals surface area contributed by atoms with Crippen LogP contribution in [0.15, 0.2) is 24.3 Å². The Morgan fingerprint density at radius 3 is 0.772 bits per heavy atom. The van der Waals surface area contributed by atoms with Crippen molar-refractivity contribution in [2.24, 2.45) is 0 Å². The molecule has 0 bridgehead atoms. The summed E-state index contributed by atoms with van der Waals surface area (Å²) in [7, 11) is 0. The Balaban J connectivity index is 3.33. The van der Waals surface area contributed by atoms with Gasteiger partial charge in [-0.25, -0.2) is 0 Å². The summed E-state index contributed by atoms with van der Waals surface area (Å²) in [5.41, 5.74) is 0. The molecule has 2 atom stereocenters. The number of hydrogen-bond donors (Lipinski definition) is 3. The highest BCUT2D eigenvalue weighted by molar-refractivity contribution is 5.76. The van der Waals surface area contributed by atoms with E-state index >= 15 is 0 Å². The predicted octanol–water partition coefficient (Wildman–Crippen LogP) is 28.4. The van der Waals surface area contributed by atoms with Crippen molar-refractivity contribution in [1.29, 1.82) is 0 Å².